The predicted molar refractivity (Wildman–Crippen MR) is 76.9 cm³/mol. The van der Waals surface area contributed by atoms with Crippen molar-refractivity contribution in [3.8, 4) is 0 Å². The van der Waals surface area contributed by atoms with Gasteiger partial charge < -0.3 is 15.5 Å². The van der Waals surface area contributed by atoms with E-state index in [0.29, 0.717) is 5.92 Å². The van der Waals surface area contributed by atoms with Gasteiger partial charge in [-0.05, 0) is 30.2 Å². The van der Waals surface area contributed by atoms with Crippen LogP contribution in [-0.2, 0) is 0 Å². The van der Waals surface area contributed by atoms with Crippen LogP contribution in [0.1, 0.15) is 13.8 Å². The summed E-state index contributed by atoms with van der Waals surface area (Å²) in [6.45, 7) is 4.10. The molecule has 1 rings (SSSR count). The van der Waals surface area contributed by atoms with Crippen molar-refractivity contribution in [2.45, 2.75) is 13.8 Å². The van der Waals surface area contributed by atoms with Gasteiger partial charge in [-0.3, -0.25) is 0 Å². The molecule has 0 aliphatic heterocycles. The second kappa shape index (κ2) is 6.69. The fourth-order valence-corrected chi connectivity index (χ4v) is 1.33. The minimum Gasteiger partial charge on any atom is -0.378 e. The van der Waals surface area contributed by atoms with Gasteiger partial charge in [-0.2, -0.15) is 0 Å². The van der Waals surface area contributed by atoms with E-state index in [-0.39, 0.29) is 6.03 Å². The molecule has 2 amide bonds. The zero-order valence-electron chi connectivity index (χ0n) is 11.4. The van der Waals surface area contributed by atoms with Crippen molar-refractivity contribution >= 4 is 17.4 Å². The number of carbonyl (C=O) groups excluding carboxylic acids is 1. The molecule has 1 aromatic rings. The third-order valence-corrected chi connectivity index (χ3v) is 2.34. The molecule has 4 heteroatoms. The highest BCUT2D eigenvalue weighted by molar-refractivity contribution is 5.90. The summed E-state index contributed by atoms with van der Waals surface area (Å²) in [5, 5.41) is 5.42. The second-order valence-electron chi connectivity index (χ2n) is 4.64. The molecule has 0 unspecified atom stereocenters. The van der Waals surface area contributed by atoms with Crippen LogP contribution in [0.4, 0.5) is 16.2 Å². The van der Waals surface area contributed by atoms with Crippen molar-refractivity contribution in [2.75, 3.05) is 24.3 Å². The number of hydrogen-bond donors (Lipinski definition) is 2. The van der Waals surface area contributed by atoms with Gasteiger partial charge in [0.05, 0.1) is 0 Å². The number of nitrogens with zero attached hydrogens (tertiary/aromatic N) is 1. The van der Waals surface area contributed by atoms with Crippen molar-refractivity contribution in [3.63, 3.8) is 0 Å². The van der Waals surface area contributed by atoms with Gasteiger partial charge in [-0.15, -0.1) is 0 Å². The van der Waals surface area contributed by atoms with Gasteiger partial charge in [-0.1, -0.05) is 19.9 Å². The highest BCUT2D eigenvalue weighted by Crippen LogP contribution is 2.15. The summed E-state index contributed by atoms with van der Waals surface area (Å²) in [4.78, 5) is 13.5. The number of nitrogens with one attached hydrogen (secondary N) is 2. The number of amides is 2. The Balaban J connectivity index is 2.49. The van der Waals surface area contributed by atoms with E-state index in [4.69, 9.17) is 0 Å². The van der Waals surface area contributed by atoms with Gasteiger partial charge in [0.1, 0.15) is 0 Å². The molecule has 1 aromatic carbocycles. The maximum absolute atomic E-state index is 11.5. The van der Waals surface area contributed by atoms with Crippen LogP contribution in [0.25, 0.3) is 0 Å². The van der Waals surface area contributed by atoms with Gasteiger partial charge in [-0.25, -0.2) is 4.79 Å². The van der Waals surface area contributed by atoms with Crippen LogP contribution in [0.5, 0.6) is 0 Å². The molecule has 0 bridgehead atoms. The lowest BCUT2D eigenvalue weighted by molar-refractivity contribution is 0.255. The Labute approximate surface area is 109 Å². The number of rotatable bonds is 4. The van der Waals surface area contributed by atoms with Crippen LogP contribution in [0.3, 0.4) is 0 Å². The Morgan fingerprint density at radius 2 is 1.83 bits per heavy atom. The van der Waals surface area contributed by atoms with Crippen molar-refractivity contribution in [1.29, 1.82) is 0 Å². The Bertz CT molecular complexity index is 408. The zero-order chi connectivity index (χ0) is 13.5. The third-order valence-electron chi connectivity index (χ3n) is 2.34. The van der Waals surface area contributed by atoms with Crippen molar-refractivity contribution in [3.05, 3.63) is 36.5 Å². The molecule has 0 fully saturated rings. The zero-order valence-corrected chi connectivity index (χ0v) is 11.4. The molecule has 0 aliphatic rings. The molecule has 0 heterocycles. The smallest absolute Gasteiger partial charge is 0.323 e. The first-order valence-electron chi connectivity index (χ1n) is 6.00. The SMILES string of the molecule is CC(C)/C=C/NC(=O)Nc1ccc(N(C)C)cc1. The second-order valence-corrected chi connectivity index (χ2v) is 4.64. The number of allylic oxidation sites excluding steroid dienone is 1. The number of benzene rings is 1. The molecule has 0 saturated carbocycles. The number of carbonyl (C=O) groups is 1. The van der Waals surface area contributed by atoms with E-state index in [9.17, 15) is 4.79 Å². The van der Waals surface area contributed by atoms with E-state index in [1.165, 1.54) is 0 Å². The summed E-state index contributed by atoms with van der Waals surface area (Å²) < 4.78 is 0. The van der Waals surface area contributed by atoms with Crippen LogP contribution >= 0.6 is 0 Å². The van der Waals surface area contributed by atoms with Crippen LogP contribution in [-0.4, -0.2) is 20.1 Å². The summed E-state index contributed by atoms with van der Waals surface area (Å²) >= 11 is 0. The van der Waals surface area contributed by atoms with Crippen molar-refractivity contribution in [2.24, 2.45) is 5.92 Å². The third kappa shape index (κ3) is 4.91. The van der Waals surface area contributed by atoms with E-state index < -0.39 is 0 Å². The largest absolute Gasteiger partial charge is 0.378 e. The monoisotopic (exact) mass is 247 g/mol. The van der Waals surface area contributed by atoms with Crippen LogP contribution in [0.2, 0.25) is 0 Å². The quantitative estimate of drug-likeness (QED) is 0.859. The minimum absolute atomic E-state index is 0.232. The Morgan fingerprint density at radius 1 is 1.22 bits per heavy atom. The predicted octanol–water partition coefficient (Wildman–Crippen LogP) is 3.04. The van der Waals surface area contributed by atoms with Crippen LogP contribution in [0.15, 0.2) is 36.5 Å². The summed E-state index contributed by atoms with van der Waals surface area (Å²) in [5.74, 6) is 0.421. The summed E-state index contributed by atoms with van der Waals surface area (Å²) in [6, 6.07) is 7.44. The average Bonchev–Trinajstić information content (AvgIpc) is 2.29. The van der Waals surface area contributed by atoms with Gasteiger partial charge in [0.2, 0.25) is 0 Å². The minimum atomic E-state index is -0.232. The summed E-state index contributed by atoms with van der Waals surface area (Å²) in [5.41, 5.74) is 1.87. The van der Waals surface area contributed by atoms with Crippen LogP contribution in [0, 0.1) is 5.92 Å². The van der Waals surface area contributed by atoms with E-state index in [0.717, 1.165) is 11.4 Å². The lowest BCUT2D eigenvalue weighted by atomic mass is 10.2. The molecule has 0 aromatic heterocycles. The molecule has 98 valence electrons. The Kier molecular flexibility index (Phi) is 5.24. The van der Waals surface area contributed by atoms with E-state index >= 15 is 0 Å². The van der Waals surface area contributed by atoms with Crippen molar-refractivity contribution in [1.82, 2.24) is 5.32 Å². The molecule has 4 nitrogen and oxygen atoms in total. The van der Waals surface area contributed by atoms with Gasteiger partial charge in [0.15, 0.2) is 0 Å². The van der Waals surface area contributed by atoms with Crippen molar-refractivity contribution < 1.29 is 4.79 Å². The molecule has 0 spiro atoms. The molecule has 18 heavy (non-hydrogen) atoms. The molecule has 0 aliphatic carbocycles. The molecule has 0 atom stereocenters. The molecule has 2 N–H and O–H groups in total. The number of hydrogen-bond acceptors (Lipinski definition) is 2. The lowest BCUT2D eigenvalue weighted by Gasteiger charge is -2.12. The topological polar surface area (TPSA) is 44.4 Å². The normalized spacial score (nSPS) is 10.7. The van der Waals surface area contributed by atoms with E-state index in [1.807, 2.05) is 49.3 Å². The molecular formula is C14H21N3O. The fraction of sp³-hybridized carbons (Fsp3) is 0.357. The summed E-state index contributed by atoms with van der Waals surface area (Å²) in [6.07, 6.45) is 3.59. The first-order valence-corrected chi connectivity index (χ1v) is 6.00. The number of anilines is 2. The van der Waals surface area contributed by atoms with E-state index in [1.54, 1.807) is 6.20 Å². The fourth-order valence-electron chi connectivity index (χ4n) is 1.33. The van der Waals surface area contributed by atoms with Crippen LogP contribution < -0.4 is 15.5 Å². The average molecular weight is 247 g/mol. The van der Waals surface area contributed by atoms with Gasteiger partial charge >= 0.3 is 6.03 Å². The lowest BCUT2D eigenvalue weighted by Crippen LogP contribution is -2.23. The highest BCUT2D eigenvalue weighted by Gasteiger charge is 2.00. The Morgan fingerprint density at radius 3 is 2.33 bits per heavy atom. The maximum atomic E-state index is 11.5. The first-order chi connectivity index (χ1) is 8.49. The Hall–Kier alpha value is -1.97. The number of urea groups is 1. The maximum Gasteiger partial charge on any atom is 0.323 e. The molecular weight excluding hydrogens is 226 g/mol. The van der Waals surface area contributed by atoms with E-state index in [2.05, 4.69) is 24.5 Å². The molecule has 0 radical (unpaired) electrons. The molecule has 0 saturated heterocycles. The first kappa shape index (κ1) is 14.1. The summed E-state index contributed by atoms with van der Waals surface area (Å²) in [7, 11) is 3.96. The standard InChI is InChI=1S/C14H21N3O/c1-11(2)9-10-15-14(18)16-12-5-7-13(8-6-12)17(3)4/h5-11H,1-4H3,(H2,15,16,18)/b10-9+. The van der Waals surface area contributed by atoms with Gasteiger partial charge in [0, 0.05) is 31.7 Å². The highest BCUT2D eigenvalue weighted by atomic mass is 16.2. The van der Waals surface area contributed by atoms with Gasteiger partial charge in [0.25, 0.3) is 0 Å².